The third-order valence-electron chi connectivity index (χ3n) is 3.39. The van der Waals surface area contributed by atoms with Crippen LogP contribution < -0.4 is 11.5 Å². The van der Waals surface area contributed by atoms with E-state index in [1.54, 1.807) is 0 Å². The zero-order chi connectivity index (χ0) is 13.0. The molecule has 0 bridgehead atoms. The fraction of sp³-hybridized carbons (Fsp3) is 0.375. The largest absolute Gasteiger partial charge is 0.399 e. The van der Waals surface area contributed by atoms with E-state index in [1.807, 2.05) is 12.1 Å². The Hall–Kier alpha value is -1.70. The maximum absolute atomic E-state index is 6.02. The van der Waals surface area contributed by atoms with E-state index in [9.17, 15) is 0 Å². The first-order valence-electron chi connectivity index (χ1n) is 6.78. The van der Waals surface area contributed by atoms with Gasteiger partial charge in [0.1, 0.15) is 0 Å². The average Bonchev–Trinajstić information content (AvgIpc) is 2.35. The Morgan fingerprint density at radius 2 is 1.78 bits per heavy atom. The molecule has 0 aliphatic heterocycles. The fourth-order valence-corrected chi connectivity index (χ4v) is 2.37. The standard InChI is InChI=1S/C16H22N2/c1-2-3-4-5-6-12-7-8-13-10-14(17)11-16(18)15(13)9-12/h7-11H,2-6,17-18H2,1H3. The highest BCUT2D eigenvalue weighted by molar-refractivity contribution is 5.95. The van der Waals surface area contributed by atoms with Crippen LogP contribution in [0.15, 0.2) is 30.3 Å². The third kappa shape index (κ3) is 2.95. The zero-order valence-corrected chi connectivity index (χ0v) is 11.1. The number of rotatable bonds is 5. The molecule has 4 N–H and O–H groups in total. The first-order chi connectivity index (χ1) is 8.70. The van der Waals surface area contributed by atoms with E-state index < -0.39 is 0 Å². The summed E-state index contributed by atoms with van der Waals surface area (Å²) in [5.74, 6) is 0. The van der Waals surface area contributed by atoms with Gasteiger partial charge in [0.2, 0.25) is 0 Å². The lowest BCUT2D eigenvalue weighted by Crippen LogP contribution is -1.93. The van der Waals surface area contributed by atoms with Crippen LogP contribution in [-0.2, 0) is 6.42 Å². The molecule has 0 fully saturated rings. The number of hydrogen-bond donors (Lipinski definition) is 2. The van der Waals surface area contributed by atoms with Gasteiger partial charge in [0.05, 0.1) is 0 Å². The van der Waals surface area contributed by atoms with Gasteiger partial charge in [0.15, 0.2) is 0 Å². The highest BCUT2D eigenvalue weighted by Gasteiger charge is 2.02. The number of nitrogen functional groups attached to an aromatic ring is 2. The van der Waals surface area contributed by atoms with E-state index in [4.69, 9.17) is 11.5 Å². The lowest BCUT2D eigenvalue weighted by atomic mass is 10.0. The molecule has 0 aromatic heterocycles. The maximum Gasteiger partial charge on any atom is 0.0414 e. The van der Waals surface area contributed by atoms with Crippen molar-refractivity contribution in [1.82, 2.24) is 0 Å². The van der Waals surface area contributed by atoms with Crippen molar-refractivity contribution in [2.75, 3.05) is 11.5 Å². The molecule has 18 heavy (non-hydrogen) atoms. The predicted molar refractivity (Wildman–Crippen MR) is 80.6 cm³/mol. The van der Waals surface area contributed by atoms with Gasteiger partial charge in [0, 0.05) is 16.8 Å². The van der Waals surface area contributed by atoms with Crippen LogP contribution in [0.3, 0.4) is 0 Å². The molecule has 0 radical (unpaired) electrons. The highest BCUT2D eigenvalue weighted by Crippen LogP contribution is 2.26. The van der Waals surface area contributed by atoms with Gasteiger partial charge in [-0.3, -0.25) is 0 Å². The normalized spacial score (nSPS) is 10.9. The lowest BCUT2D eigenvalue weighted by molar-refractivity contribution is 0.667. The highest BCUT2D eigenvalue weighted by atomic mass is 14.6. The molecule has 0 aliphatic carbocycles. The van der Waals surface area contributed by atoms with Gasteiger partial charge in [-0.05, 0) is 42.0 Å². The second kappa shape index (κ2) is 5.76. The molecule has 0 atom stereocenters. The smallest absolute Gasteiger partial charge is 0.0414 e. The first kappa shape index (κ1) is 12.7. The van der Waals surface area contributed by atoms with E-state index in [0.29, 0.717) is 0 Å². The Bertz CT molecular complexity index is 532. The topological polar surface area (TPSA) is 52.0 Å². The molecule has 96 valence electrons. The zero-order valence-electron chi connectivity index (χ0n) is 11.1. The van der Waals surface area contributed by atoms with Crippen LogP contribution in [0.2, 0.25) is 0 Å². The van der Waals surface area contributed by atoms with Crippen LogP contribution in [0, 0.1) is 0 Å². The molecule has 0 spiro atoms. The quantitative estimate of drug-likeness (QED) is 0.612. The second-order valence-corrected chi connectivity index (χ2v) is 4.98. The van der Waals surface area contributed by atoms with E-state index in [-0.39, 0.29) is 0 Å². The minimum Gasteiger partial charge on any atom is -0.399 e. The summed E-state index contributed by atoms with van der Waals surface area (Å²) in [4.78, 5) is 0. The molecule has 0 aliphatic rings. The van der Waals surface area contributed by atoms with Crippen molar-refractivity contribution in [1.29, 1.82) is 0 Å². The van der Waals surface area contributed by atoms with Crippen molar-refractivity contribution in [3.8, 4) is 0 Å². The monoisotopic (exact) mass is 242 g/mol. The SMILES string of the molecule is CCCCCCc1ccc2cc(N)cc(N)c2c1. The molecule has 2 rings (SSSR count). The Morgan fingerprint density at radius 1 is 0.944 bits per heavy atom. The van der Waals surface area contributed by atoms with Crippen molar-refractivity contribution in [2.45, 2.75) is 39.0 Å². The Morgan fingerprint density at radius 3 is 2.56 bits per heavy atom. The molecule has 2 nitrogen and oxygen atoms in total. The Kier molecular flexibility index (Phi) is 4.08. The molecule has 0 heterocycles. The van der Waals surface area contributed by atoms with E-state index in [1.165, 1.54) is 31.2 Å². The number of anilines is 2. The van der Waals surface area contributed by atoms with Crippen LogP contribution in [0.1, 0.15) is 38.2 Å². The molecule has 0 amide bonds. The lowest BCUT2D eigenvalue weighted by Gasteiger charge is -2.07. The van der Waals surface area contributed by atoms with Crippen LogP contribution >= 0.6 is 0 Å². The van der Waals surface area contributed by atoms with Gasteiger partial charge < -0.3 is 11.5 Å². The van der Waals surface area contributed by atoms with E-state index in [0.717, 1.165) is 28.6 Å². The molecule has 2 aromatic rings. The summed E-state index contributed by atoms with van der Waals surface area (Å²) in [5.41, 5.74) is 14.7. The summed E-state index contributed by atoms with van der Waals surface area (Å²) < 4.78 is 0. The molecular weight excluding hydrogens is 220 g/mol. The summed E-state index contributed by atoms with van der Waals surface area (Å²) in [6.07, 6.45) is 6.32. The van der Waals surface area contributed by atoms with Gasteiger partial charge in [-0.25, -0.2) is 0 Å². The first-order valence-corrected chi connectivity index (χ1v) is 6.78. The minimum absolute atomic E-state index is 0.732. The molecule has 2 aromatic carbocycles. The average molecular weight is 242 g/mol. The van der Waals surface area contributed by atoms with Crippen molar-refractivity contribution < 1.29 is 0 Å². The third-order valence-corrected chi connectivity index (χ3v) is 3.39. The number of nitrogens with two attached hydrogens (primary N) is 2. The molecule has 2 heteroatoms. The van der Waals surface area contributed by atoms with Crippen molar-refractivity contribution in [3.05, 3.63) is 35.9 Å². The Balaban J connectivity index is 2.17. The van der Waals surface area contributed by atoms with E-state index in [2.05, 4.69) is 25.1 Å². The molecule has 0 unspecified atom stereocenters. The van der Waals surface area contributed by atoms with Crippen molar-refractivity contribution in [3.63, 3.8) is 0 Å². The van der Waals surface area contributed by atoms with Crippen molar-refractivity contribution >= 4 is 22.1 Å². The summed E-state index contributed by atoms with van der Waals surface area (Å²) in [5, 5.41) is 2.25. The second-order valence-electron chi connectivity index (χ2n) is 4.98. The molecule has 0 saturated carbocycles. The number of fused-ring (bicyclic) bond motifs is 1. The number of unbranched alkanes of at least 4 members (excludes halogenated alkanes) is 3. The summed E-state index contributed by atoms with van der Waals surface area (Å²) in [6, 6.07) is 10.3. The Labute approximate surface area is 109 Å². The predicted octanol–water partition coefficient (Wildman–Crippen LogP) is 4.13. The van der Waals surface area contributed by atoms with Crippen LogP contribution in [0.4, 0.5) is 11.4 Å². The van der Waals surface area contributed by atoms with Gasteiger partial charge in [0.25, 0.3) is 0 Å². The minimum atomic E-state index is 0.732. The van der Waals surface area contributed by atoms with Gasteiger partial charge >= 0.3 is 0 Å². The van der Waals surface area contributed by atoms with Crippen LogP contribution in [0.25, 0.3) is 10.8 Å². The van der Waals surface area contributed by atoms with Gasteiger partial charge in [-0.2, -0.15) is 0 Å². The summed E-state index contributed by atoms with van der Waals surface area (Å²) >= 11 is 0. The summed E-state index contributed by atoms with van der Waals surface area (Å²) in [6.45, 7) is 2.24. The number of aryl methyl sites for hydroxylation is 1. The number of hydrogen-bond acceptors (Lipinski definition) is 2. The molecule has 0 saturated heterocycles. The van der Waals surface area contributed by atoms with Gasteiger partial charge in [-0.15, -0.1) is 0 Å². The van der Waals surface area contributed by atoms with Crippen LogP contribution in [-0.4, -0.2) is 0 Å². The van der Waals surface area contributed by atoms with Crippen LogP contribution in [0.5, 0.6) is 0 Å². The number of benzene rings is 2. The fourth-order valence-electron chi connectivity index (χ4n) is 2.37. The summed E-state index contributed by atoms with van der Waals surface area (Å²) in [7, 11) is 0. The van der Waals surface area contributed by atoms with Gasteiger partial charge in [-0.1, -0.05) is 38.3 Å². The van der Waals surface area contributed by atoms with Crippen molar-refractivity contribution in [2.24, 2.45) is 0 Å². The molecular formula is C16H22N2. The maximum atomic E-state index is 6.02. The van der Waals surface area contributed by atoms with E-state index >= 15 is 0 Å².